The predicted octanol–water partition coefficient (Wildman–Crippen LogP) is 2.53. The molecule has 1 fully saturated rings. The highest BCUT2D eigenvalue weighted by molar-refractivity contribution is 5.35. The van der Waals surface area contributed by atoms with Gasteiger partial charge in [-0.25, -0.2) is 0 Å². The van der Waals surface area contributed by atoms with Crippen molar-refractivity contribution in [2.75, 3.05) is 19.6 Å². The van der Waals surface area contributed by atoms with Gasteiger partial charge >= 0.3 is 0 Å². The summed E-state index contributed by atoms with van der Waals surface area (Å²) in [4.78, 5) is 2.51. The molecule has 1 aromatic rings. The van der Waals surface area contributed by atoms with Gasteiger partial charge in [-0.15, -0.1) is 0 Å². The number of nitrogens with zero attached hydrogens (tertiary/aromatic N) is 1. The third kappa shape index (κ3) is 2.52. The number of piperazine rings is 1. The average Bonchev–Trinajstić information content (AvgIpc) is 2.34. The van der Waals surface area contributed by atoms with E-state index in [0.717, 1.165) is 31.6 Å². The molecule has 1 saturated heterocycles. The normalized spacial score (nSPS) is 21.7. The van der Waals surface area contributed by atoms with Crippen LogP contribution in [-0.2, 0) is 0 Å². The molecule has 1 aromatic carbocycles. The van der Waals surface area contributed by atoms with E-state index in [1.807, 2.05) is 18.2 Å². The zero-order valence-electron chi connectivity index (χ0n) is 11.6. The molecule has 3 heteroatoms. The molecule has 1 aliphatic heterocycles. The SMILES string of the molecule is CCC(c1ccccc1O)N1CCNCC1(C)C. The average molecular weight is 248 g/mol. The van der Waals surface area contributed by atoms with E-state index >= 15 is 0 Å². The van der Waals surface area contributed by atoms with Crippen LogP contribution in [0.2, 0.25) is 0 Å². The summed E-state index contributed by atoms with van der Waals surface area (Å²) in [6.45, 7) is 9.77. The Hall–Kier alpha value is -1.06. The number of phenolic OH excluding ortho intramolecular Hbond substituents is 1. The van der Waals surface area contributed by atoms with Crippen LogP contribution in [-0.4, -0.2) is 35.2 Å². The Balaban J connectivity index is 2.31. The second-order valence-corrected chi connectivity index (χ2v) is 5.67. The summed E-state index contributed by atoms with van der Waals surface area (Å²) in [5, 5.41) is 13.5. The maximum absolute atomic E-state index is 10.1. The van der Waals surface area contributed by atoms with Crippen LogP contribution in [0.25, 0.3) is 0 Å². The van der Waals surface area contributed by atoms with Crippen molar-refractivity contribution >= 4 is 0 Å². The summed E-state index contributed by atoms with van der Waals surface area (Å²) >= 11 is 0. The number of rotatable bonds is 3. The molecule has 0 aliphatic carbocycles. The molecule has 1 unspecified atom stereocenters. The van der Waals surface area contributed by atoms with Crippen LogP contribution in [0.4, 0.5) is 0 Å². The van der Waals surface area contributed by atoms with Gasteiger partial charge in [0.2, 0.25) is 0 Å². The van der Waals surface area contributed by atoms with Crippen LogP contribution in [0.15, 0.2) is 24.3 Å². The smallest absolute Gasteiger partial charge is 0.120 e. The quantitative estimate of drug-likeness (QED) is 0.863. The Morgan fingerprint density at radius 3 is 2.72 bits per heavy atom. The van der Waals surface area contributed by atoms with Gasteiger partial charge in [-0.3, -0.25) is 4.90 Å². The molecule has 3 nitrogen and oxygen atoms in total. The van der Waals surface area contributed by atoms with Crippen molar-refractivity contribution in [3.8, 4) is 5.75 Å². The fraction of sp³-hybridized carbons (Fsp3) is 0.600. The molecule has 1 aliphatic rings. The van der Waals surface area contributed by atoms with Gasteiger partial charge in [0.1, 0.15) is 5.75 Å². The molecule has 100 valence electrons. The number of nitrogens with one attached hydrogen (secondary N) is 1. The van der Waals surface area contributed by atoms with Gasteiger partial charge in [0.05, 0.1) is 0 Å². The number of phenols is 1. The minimum atomic E-state index is 0.126. The summed E-state index contributed by atoms with van der Waals surface area (Å²) in [7, 11) is 0. The van der Waals surface area contributed by atoms with Crippen LogP contribution in [0.3, 0.4) is 0 Å². The van der Waals surface area contributed by atoms with Crippen molar-refractivity contribution in [3.05, 3.63) is 29.8 Å². The zero-order valence-corrected chi connectivity index (χ0v) is 11.6. The molecule has 0 spiro atoms. The highest BCUT2D eigenvalue weighted by Gasteiger charge is 2.35. The topological polar surface area (TPSA) is 35.5 Å². The maximum atomic E-state index is 10.1. The van der Waals surface area contributed by atoms with Crippen molar-refractivity contribution in [1.29, 1.82) is 0 Å². The number of aromatic hydroxyl groups is 1. The van der Waals surface area contributed by atoms with Gasteiger partial charge < -0.3 is 10.4 Å². The standard InChI is InChI=1S/C15H24N2O/c1-4-13(12-7-5-6-8-14(12)18)17-10-9-16-11-15(17,2)3/h5-8,13,16,18H,4,9-11H2,1-3H3. The molecular weight excluding hydrogens is 224 g/mol. The van der Waals surface area contributed by atoms with Crippen molar-refractivity contribution in [3.63, 3.8) is 0 Å². The lowest BCUT2D eigenvalue weighted by Crippen LogP contribution is -2.58. The van der Waals surface area contributed by atoms with E-state index in [-0.39, 0.29) is 5.54 Å². The Bertz CT molecular complexity index is 403. The van der Waals surface area contributed by atoms with E-state index in [1.54, 1.807) is 6.07 Å². The Kier molecular flexibility index (Phi) is 3.93. The van der Waals surface area contributed by atoms with Crippen molar-refractivity contribution in [1.82, 2.24) is 10.2 Å². The van der Waals surface area contributed by atoms with E-state index in [4.69, 9.17) is 0 Å². The molecule has 0 radical (unpaired) electrons. The van der Waals surface area contributed by atoms with Crippen molar-refractivity contribution in [2.45, 2.75) is 38.8 Å². The first-order chi connectivity index (χ1) is 8.56. The first-order valence-corrected chi connectivity index (χ1v) is 6.81. The van der Waals surface area contributed by atoms with Gasteiger partial charge in [-0.2, -0.15) is 0 Å². The molecule has 1 atom stereocenters. The zero-order chi connectivity index (χ0) is 13.2. The fourth-order valence-corrected chi connectivity index (χ4v) is 2.95. The highest BCUT2D eigenvalue weighted by Crippen LogP contribution is 2.35. The van der Waals surface area contributed by atoms with Crippen LogP contribution < -0.4 is 5.32 Å². The number of hydrogen-bond donors (Lipinski definition) is 2. The maximum Gasteiger partial charge on any atom is 0.120 e. The van der Waals surface area contributed by atoms with Gasteiger partial charge in [-0.05, 0) is 26.3 Å². The first kappa shape index (κ1) is 13.4. The van der Waals surface area contributed by atoms with Crippen LogP contribution in [0, 0.1) is 0 Å². The molecule has 0 aromatic heterocycles. The summed E-state index contributed by atoms with van der Waals surface area (Å²) in [5.41, 5.74) is 1.18. The van der Waals surface area contributed by atoms with E-state index in [1.165, 1.54) is 0 Å². The molecule has 0 amide bonds. The predicted molar refractivity (Wildman–Crippen MR) is 74.8 cm³/mol. The minimum Gasteiger partial charge on any atom is -0.508 e. The summed E-state index contributed by atoms with van der Waals surface area (Å²) in [6.07, 6.45) is 1.01. The minimum absolute atomic E-state index is 0.126. The fourth-order valence-electron chi connectivity index (χ4n) is 2.95. The molecule has 0 saturated carbocycles. The summed E-state index contributed by atoms with van der Waals surface area (Å²) in [5.74, 6) is 0.415. The summed E-state index contributed by atoms with van der Waals surface area (Å²) in [6, 6.07) is 8.01. The molecule has 2 rings (SSSR count). The monoisotopic (exact) mass is 248 g/mol. The lowest BCUT2D eigenvalue weighted by Gasteiger charge is -2.47. The largest absolute Gasteiger partial charge is 0.508 e. The Morgan fingerprint density at radius 1 is 1.39 bits per heavy atom. The number of para-hydroxylation sites is 1. The Morgan fingerprint density at radius 2 is 2.11 bits per heavy atom. The van der Waals surface area contributed by atoms with Crippen LogP contribution in [0.1, 0.15) is 38.8 Å². The second kappa shape index (κ2) is 5.29. The van der Waals surface area contributed by atoms with Crippen molar-refractivity contribution < 1.29 is 5.11 Å². The van der Waals surface area contributed by atoms with E-state index in [9.17, 15) is 5.11 Å². The Labute approximate surface area is 110 Å². The van der Waals surface area contributed by atoms with Crippen LogP contribution in [0.5, 0.6) is 5.75 Å². The van der Waals surface area contributed by atoms with Gasteiger partial charge in [0, 0.05) is 36.8 Å². The van der Waals surface area contributed by atoms with Crippen molar-refractivity contribution in [2.24, 2.45) is 0 Å². The lowest BCUT2D eigenvalue weighted by molar-refractivity contribution is 0.0412. The van der Waals surface area contributed by atoms with E-state index in [2.05, 4.69) is 31.0 Å². The van der Waals surface area contributed by atoms with Gasteiger partial charge in [0.15, 0.2) is 0 Å². The van der Waals surface area contributed by atoms with Crippen LogP contribution >= 0.6 is 0 Å². The molecule has 1 heterocycles. The summed E-state index contributed by atoms with van der Waals surface area (Å²) < 4.78 is 0. The third-order valence-electron chi connectivity index (χ3n) is 3.92. The molecular formula is C15H24N2O. The lowest BCUT2D eigenvalue weighted by atomic mass is 9.92. The first-order valence-electron chi connectivity index (χ1n) is 6.81. The second-order valence-electron chi connectivity index (χ2n) is 5.67. The van der Waals surface area contributed by atoms with E-state index < -0.39 is 0 Å². The molecule has 18 heavy (non-hydrogen) atoms. The number of hydrogen-bond acceptors (Lipinski definition) is 3. The highest BCUT2D eigenvalue weighted by atomic mass is 16.3. The molecule has 0 bridgehead atoms. The molecule has 2 N–H and O–H groups in total. The number of benzene rings is 1. The third-order valence-corrected chi connectivity index (χ3v) is 3.92. The van der Waals surface area contributed by atoms with Gasteiger partial charge in [-0.1, -0.05) is 25.1 Å². The van der Waals surface area contributed by atoms with E-state index in [0.29, 0.717) is 11.8 Å². The van der Waals surface area contributed by atoms with Gasteiger partial charge in [0.25, 0.3) is 0 Å².